The lowest BCUT2D eigenvalue weighted by atomic mass is 10.3. The van der Waals surface area contributed by atoms with Crippen molar-refractivity contribution < 1.29 is 5.11 Å². The molecule has 0 amide bonds. The van der Waals surface area contributed by atoms with Crippen molar-refractivity contribution in [1.82, 2.24) is 9.55 Å². The van der Waals surface area contributed by atoms with Gasteiger partial charge in [-0.2, -0.15) is 11.8 Å². The Morgan fingerprint density at radius 1 is 1.32 bits per heavy atom. The number of thioether (sulfide) groups is 1. The third-order valence-electron chi connectivity index (χ3n) is 3.07. The highest BCUT2D eigenvalue weighted by molar-refractivity contribution is 7.99. The number of imidazole rings is 1. The minimum absolute atomic E-state index is 0.324. The maximum atomic E-state index is 10.2. The van der Waals surface area contributed by atoms with E-state index >= 15 is 0 Å². The fourth-order valence-corrected chi connectivity index (χ4v) is 2.88. The minimum Gasteiger partial charge on any atom is -0.390 e. The highest BCUT2D eigenvalue weighted by Crippen LogP contribution is 2.18. The Labute approximate surface area is 119 Å². The fourth-order valence-electron chi connectivity index (χ4n) is 2.17. The van der Waals surface area contributed by atoms with Gasteiger partial charge in [-0.05, 0) is 17.4 Å². The lowest BCUT2D eigenvalue weighted by Crippen LogP contribution is -2.20. The first-order chi connectivity index (χ1) is 9.11. The van der Waals surface area contributed by atoms with Crippen LogP contribution in [-0.4, -0.2) is 31.8 Å². The normalized spacial score (nSPS) is 13.3. The second-order valence-corrected chi connectivity index (χ2v) is 6.63. The Kier molecular flexibility index (Phi) is 4.88. The number of aryl methyl sites for hydroxylation is 1. The molecule has 0 spiro atoms. The van der Waals surface area contributed by atoms with Crippen molar-refractivity contribution in [2.75, 3.05) is 5.75 Å². The molecule has 0 bridgehead atoms. The number of fused-ring (bicyclic) bond motifs is 1. The van der Waals surface area contributed by atoms with E-state index < -0.39 is 0 Å². The largest absolute Gasteiger partial charge is 0.390 e. The Bertz CT molecular complexity index is 536. The summed E-state index contributed by atoms with van der Waals surface area (Å²) in [7, 11) is 0. The Balaban J connectivity index is 2.18. The summed E-state index contributed by atoms with van der Waals surface area (Å²) in [5, 5.41) is 10.7. The first kappa shape index (κ1) is 14.4. The molecule has 1 N–H and O–H groups in total. The van der Waals surface area contributed by atoms with Crippen molar-refractivity contribution in [3.63, 3.8) is 0 Å². The highest BCUT2D eigenvalue weighted by Gasteiger charge is 2.13. The van der Waals surface area contributed by atoms with Gasteiger partial charge in [-0.3, -0.25) is 0 Å². The molecule has 2 rings (SSSR count). The fraction of sp³-hybridized carbons (Fsp3) is 0.533. The number of aliphatic hydroxyl groups is 1. The van der Waals surface area contributed by atoms with Crippen LogP contribution in [0.5, 0.6) is 0 Å². The van der Waals surface area contributed by atoms with Crippen LogP contribution in [0.25, 0.3) is 11.0 Å². The molecule has 0 saturated heterocycles. The Morgan fingerprint density at radius 2 is 2.05 bits per heavy atom. The molecule has 4 heteroatoms. The molecule has 1 aromatic carbocycles. The third kappa shape index (κ3) is 3.51. The number of hydrogen-bond acceptors (Lipinski definition) is 3. The zero-order valence-electron chi connectivity index (χ0n) is 11.8. The molecule has 1 unspecified atom stereocenters. The van der Waals surface area contributed by atoms with E-state index in [0.29, 0.717) is 11.8 Å². The lowest BCUT2D eigenvalue weighted by Gasteiger charge is -2.15. The average Bonchev–Trinajstić information content (AvgIpc) is 2.75. The van der Waals surface area contributed by atoms with Crippen LogP contribution in [0, 0.1) is 0 Å². The van der Waals surface area contributed by atoms with Crippen LogP contribution in [0.4, 0.5) is 0 Å². The zero-order valence-corrected chi connectivity index (χ0v) is 12.7. The molecule has 1 atom stereocenters. The van der Waals surface area contributed by atoms with E-state index in [1.54, 1.807) is 11.8 Å². The zero-order chi connectivity index (χ0) is 13.8. The van der Waals surface area contributed by atoms with Gasteiger partial charge in [-0.1, -0.05) is 32.9 Å². The van der Waals surface area contributed by atoms with Crippen molar-refractivity contribution in [3.05, 3.63) is 30.1 Å². The number of para-hydroxylation sites is 2. The first-order valence-corrected chi connectivity index (χ1v) is 7.90. The predicted molar refractivity (Wildman–Crippen MR) is 82.7 cm³/mol. The van der Waals surface area contributed by atoms with Crippen LogP contribution in [0.15, 0.2) is 24.3 Å². The molecule has 0 aliphatic rings. The highest BCUT2D eigenvalue weighted by atomic mass is 32.2. The Morgan fingerprint density at radius 3 is 2.74 bits per heavy atom. The summed E-state index contributed by atoms with van der Waals surface area (Å²) in [5.74, 6) is 1.82. The maximum absolute atomic E-state index is 10.2. The molecule has 0 fully saturated rings. The van der Waals surface area contributed by atoms with Crippen molar-refractivity contribution in [2.45, 2.75) is 45.1 Å². The van der Waals surface area contributed by atoms with Gasteiger partial charge in [0.05, 0.1) is 23.7 Å². The van der Waals surface area contributed by atoms with Crippen LogP contribution in [0.1, 0.15) is 26.6 Å². The molecule has 1 aromatic heterocycles. The monoisotopic (exact) mass is 278 g/mol. The van der Waals surface area contributed by atoms with Gasteiger partial charge in [0.15, 0.2) is 0 Å². The molecule has 2 aromatic rings. The molecule has 0 aliphatic carbocycles. The van der Waals surface area contributed by atoms with E-state index in [9.17, 15) is 5.11 Å². The van der Waals surface area contributed by atoms with Crippen LogP contribution < -0.4 is 0 Å². The van der Waals surface area contributed by atoms with Crippen molar-refractivity contribution in [1.29, 1.82) is 0 Å². The number of benzene rings is 1. The summed E-state index contributed by atoms with van der Waals surface area (Å²) >= 11 is 1.80. The van der Waals surface area contributed by atoms with E-state index in [0.717, 1.165) is 29.0 Å². The predicted octanol–water partition coefficient (Wildman–Crippen LogP) is 3.10. The van der Waals surface area contributed by atoms with Crippen molar-refractivity contribution in [3.8, 4) is 0 Å². The Hall–Kier alpha value is -1.00. The van der Waals surface area contributed by atoms with Gasteiger partial charge in [-0.15, -0.1) is 0 Å². The third-order valence-corrected chi connectivity index (χ3v) is 4.31. The van der Waals surface area contributed by atoms with Gasteiger partial charge in [0.25, 0.3) is 0 Å². The standard InChI is InChI=1S/C15H22N2OS/c1-4-15-16-13-7-5-6-8-14(13)17(15)9-12(18)10-19-11(2)3/h5-8,11-12,18H,4,9-10H2,1-3H3. The SMILES string of the molecule is CCc1nc2ccccc2n1CC(O)CSC(C)C. The summed E-state index contributed by atoms with van der Waals surface area (Å²) < 4.78 is 2.15. The number of hydrogen-bond donors (Lipinski definition) is 1. The summed E-state index contributed by atoms with van der Waals surface area (Å²) in [6, 6.07) is 8.13. The molecule has 1 heterocycles. The topological polar surface area (TPSA) is 38.0 Å². The molecular formula is C15H22N2OS. The van der Waals surface area contributed by atoms with E-state index in [1.807, 2.05) is 18.2 Å². The van der Waals surface area contributed by atoms with Crippen LogP contribution in [-0.2, 0) is 13.0 Å². The lowest BCUT2D eigenvalue weighted by molar-refractivity contribution is 0.178. The van der Waals surface area contributed by atoms with Crippen LogP contribution >= 0.6 is 11.8 Å². The summed E-state index contributed by atoms with van der Waals surface area (Å²) in [5.41, 5.74) is 2.14. The van der Waals surface area contributed by atoms with E-state index in [-0.39, 0.29) is 6.10 Å². The molecule has 3 nitrogen and oxygen atoms in total. The van der Waals surface area contributed by atoms with E-state index in [1.165, 1.54) is 0 Å². The summed E-state index contributed by atoms with van der Waals surface area (Å²) in [6.45, 7) is 7.04. The number of nitrogens with zero attached hydrogens (tertiary/aromatic N) is 2. The first-order valence-electron chi connectivity index (χ1n) is 6.85. The molecule has 0 saturated carbocycles. The van der Waals surface area contributed by atoms with Crippen molar-refractivity contribution >= 4 is 22.8 Å². The van der Waals surface area contributed by atoms with Crippen LogP contribution in [0.2, 0.25) is 0 Å². The molecular weight excluding hydrogens is 256 g/mol. The quantitative estimate of drug-likeness (QED) is 0.882. The van der Waals surface area contributed by atoms with E-state index in [2.05, 4.69) is 36.4 Å². The summed E-state index contributed by atoms with van der Waals surface area (Å²) in [4.78, 5) is 4.62. The van der Waals surface area contributed by atoms with Gasteiger partial charge in [-0.25, -0.2) is 4.98 Å². The summed E-state index contributed by atoms with van der Waals surface area (Å²) in [6.07, 6.45) is 0.564. The van der Waals surface area contributed by atoms with Crippen LogP contribution in [0.3, 0.4) is 0 Å². The average molecular weight is 278 g/mol. The molecule has 104 valence electrons. The van der Waals surface area contributed by atoms with Crippen molar-refractivity contribution in [2.24, 2.45) is 0 Å². The van der Waals surface area contributed by atoms with Gasteiger partial charge < -0.3 is 9.67 Å². The minimum atomic E-state index is -0.324. The molecule has 19 heavy (non-hydrogen) atoms. The van der Waals surface area contributed by atoms with Gasteiger partial charge in [0.1, 0.15) is 5.82 Å². The van der Waals surface area contributed by atoms with Gasteiger partial charge >= 0.3 is 0 Å². The van der Waals surface area contributed by atoms with Gasteiger partial charge in [0.2, 0.25) is 0 Å². The second kappa shape index (κ2) is 6.44. The maximum Gasteiger partial charge on any atom is 0.109 e. The number of aliphatic hydroxyl groups excluding tert-OH is 1. The molecule has 0 aliphatic heterocycles. The molecule has 0 radical (unpaired) electrons. The number of aromatic nitrogens is 2. The van der Waals surface area contributed by atoms with E-state index in [4.69, 9.17) is 0 Å². The second-order valence-electron chi connectivity index (χ2n) is 5.02. The van der Waals surface area contributed by atoms with Gasteiger partial charge in [0, 0.05) is 12.2 Å². The number of rotatable bonds is 6. The smallest absolute Gasteiger partial charge is 0.109 e.